The second-order valence-electron chi connectivity index (χ2n) is 11.8. The van der Waals surface area contributed by atoms with Crippen LogP contribution in [0, 0.1) is 0 Å². The standard InChI is InChI=1S/C44H30N2/c1-2-11-31(12-3-1)32-23-25-35(26-24-32)45(41-21-9-14-33-13-4-5-17-38(33)41)36-27-29-37(30-28-36)46-42-20-7-6-18-39(42)40-19-8-15-34-16-10-22-43(46)44(34)40/h1-30H. The maximum atomic E-state index is 2.41. The van der Waals surface area contributed by atoms with Gasteiger partial charge in [0.05, 0.1) is 17.1 Å². The van der Waals surface area contributed by atoms with E-state index in [0.717, 1.165) is 22.7 Å². The van der Waals surface area contributed by atoms with Gasteiger partial charge in [-0.1, -0.05) is 127 Å². The van der Waals surface area contributed by atoms with E-state index in [2.05, 4.69) is 192 Å². The van der Waals surface area contributed by atoms with Crippen molar-refractivity contribution in [1.82, 2.24) is 0 Å². The molecule has 1 aliphatic heterocycles. The van der Waals surface area contributed by atoms with Crippen molar-refractivity contribution >= 4 is 55.7 Å². The molecular formula is C44H30N2. The quantitative estimate of drug-likeness (QED) is 0.198. The van der Waals surface area contributed by atoms with Gasteiger partial charge in [-0.25, -0.2) is 0 Å². The average Bonchev–Trinajstić information content (AvgIpc) is 3.13. The highest BCUT2D eigenvalue weighted by atomic mass is 15.2. The predicted molar refractivity (Wildman–Crippen MR) is 195 cm³/mol. The second-order valence-corrected chi connectivity index (χ2v) is 11.8. The minimum absolute atomic E-state index is 1.11. The molecule has 2 heteroatoms. The Morgan fingerprint density at radius 3 is 1.76 bits per heavy atom. The van der Waals surface area contributed by atoms with E-state index in [0.29, 0.717) is 0 Å². The summed E-state index contributed by atoms with van der Waals surface area (Å²) in [5.41, 5.74) is 11.9. The van der Waals surface area contributed by atoms with Crippen molar-refractivity contribution in [3.8, 4) is 22.3 Å². The van der Waals surface area contributed by atoms with Gasteiger partial charge >= 0.3 is 0 Å². The predicted octanol–water partition coefficient (Wildman–Crippen LogP) is 12.6. The van der Waals surface area contributed by atoms with E-state index >= 15 is 0 Å². The largest absolute Gasteiger partial charge is 0.310 e. The van der Waals surface area contributed by atoms with Crippen LogP contribution in [0.5, 0.6) is 0 Å². The SMILES string of the molecule is c1ccc(-c2ccc(N(c3ccc(N4c5ccccc5-c5cccc6cccc4c56)cc3)c3cccc4ccccc34)cc2)cc1. The molecule has 1 aliphatic rings. The smallest absolute Gasteiger partial charge is 0.0546 e. The van der Waals surface area contributed by atoms with E-state index in [1.54, 1.807) is 0 Å². The third kappa shape index (κ3) is 4.27. The fourth-order valence-electron chi connectivity index (χ4n) is 7.05. The van der Waals surface area contributed by atoms with Crippen LogP contribution >= 0.6 is 0 Å². The first-order valence-corrected chi connectivity index (χ1v) is 15.8. The highest BCUT2D eigenvalue weighted by Gasteiger charge is 2.25. The van der Waals surface area contributed by atoms with Crippen LogP contribution in [0.3, 0.4) is 0 Å². The van der Waals surface area contributed by atoms with Crippen LogP contribution in [0.15, 0.2) is 182 Å². The Morgan fingerprint density at radius 2 is 0.935 bits per heavy atom. The summed E-state index contributed by atoms with van der Waals surface area (Å²) in [5, 5.41) is 4.99. The molecule has 8 aromatic carbocycles. The maximum absolute atomic E-state index is 2.41. The molecule has 8 aromatic rings. The molecule has 0 aromatic heterocycles. The molecule has 216 valence electrons. The summed E-state index contributed by atoms with van der Waals surface area (Å²) in [6.45, 7) is 0. The molecule has 0 radical (unpaired) electrons. The van der Waals surface area contributed by atoms with Crippen molar-refractivity contribution < 1.29 is 0 Å². The van der Waals surface area contributed by atoms with Gasteiger partial charge in [-0.2, -0.15) is 0 Å². The highest BCUT2D eigenvalue weighted by molar-refractivity contribution is 6.13. The lowest BCUT2D eigenvalue weighted by molar-refractivity contribution is 1.26. The van der Waals surface area contributed by atoms with Crippen molar-refractivity contribution in [3.63, 3.8) is 0 Å². The summed E-state index contributed by atoms with van der Waals surface area (Å²) < 4.78 is 0. The number of benzene rings is 8. The Labute approximate surface area is 269 Å². The Hall–Kier alpha value is -6.12. The van der Waals surface area contributed by atoms with Crippen LogP contribution in [0.25, 0.3) is 43.8 Å². The average molecular weight is 587 g/mol. The summed E-state index contributed by atoms with van der Waals surface area (Å²) in [6, 6.07) is 65.7. The van der Waals surface area contributed by atoms with Crippen LogP contribution in [0.1, 0.15) is 0 Å². The first-order chi connectivity index (χ1) is 22.8. The summed E-state index contributed by atoms with van der Waals surface area (Å²) in [5.74, 6) is 0. The van der Waals surface area contributed by atoms with Crippen molar-refractivity contribution in [1.29, 1.82) is 0 Å². The van der Waals surface area contributed by atoms with E-state index in [9.17, 15) is 0 Å². The van der Waals surface area contributed by atoms with Gasteiger partial charge in [0, 0.05) is 33.4 Å². The topological polar surface area (TPSA) is 6.48 Å². The van der Waals surface area contributed by atoms with Gasteiger partial charge in [0.25, 0.3) is 0 Å². The highest BCUT2D eigenvalue weighted by Crippen LogP contribution is 2.51. The lowest BCUT2D eigenvalue weighted by Crippen LogP contribution is -2.15. The van der Waals surface area contributed by atoms with Crippen LogP contribution in [0.2, 0.25) is 0 Å². The van der Waals surface area contributed by atoms with Gasteiger partial charge in [-0.05, 0) is 82.1 Å². The third-order valence-electron chi connectivity index (χ3n) is 9.16. The molecule has 0 amide bonds. The number of nitrogens with zero attached hydrogens (tertiary/aromatic N) is 2. The molecule has 0 aliphatic carbocycles. The maximum Gasteiger partial charge on any atom is 0.0546 e. The van der Waals surface area contributed by atoms with Crippen molar-refractivity contribution in [2.75, 3.05) is 9.80 Å². The van der Waals surface area contributed by atoms with Crippen molar-refractivity contribution in [3.05, 3.63) is 182 Å². The molecular weight excluding hydrogens is 556 g/mol. The number of para-hydroxylation sites is 1. The number of rotatable bonds is 5. The molecule has 0 bridgehead atoms. The molecule has 0 N–H and O–H groups in total. The monoisotopic (exact) mass is 586 g/mol. The zero-order valence-electron chi connectivity index (χ0n) is 25.2. The van der Waals surface area contributed by atoms with Gasteiger partial charge in [0.15, 0.2) is 0 Å². The minimum atomic E-state index is 1.11. The van der Waals surface area contributed by atoms with Gasteiger partial charge in [-0.3, -0.25) is 0 Å². The second kappa shape index (κ2) is 10.8. The van der Waals surface area contributed by atoms with Gasteiger partial charge in [0.1, 0.15) is 0 Å². The van der Waals surface area contributed by atoms with Crippen LogP contribution in [0.4, 0.5) is 34.1 Å². The molecule has 0 spiro atoms. The van der Waals surface area contributed by atoms with E-state index in [4.69, 9.17) is 0 Å². The number of anilines is 6. The molecule has 0 saturated heterocycles. The molecule has 46 heavy (non-hydrogen) atoms. The third-order valence-corrected chi connectivity index (χ3v) is 9.16. The Balaban J connectivity index is 1.19. The van der Waals surface area contributed by atoms with Gasteiger partial charge < -0.3 is 9.80 Å². The normalized spacial score (nSPS) is 11.9. The number of hydrogen-bond acceptors (Lipinski definition) is 2. The summed E-state index contributed by atoms with van der Waals surface area (Å²) in [4.78, 5) is 4.78. The zero-order chi connectivity index (χ0) is 30.5. The Kier molecular flexibility index (Phi) is 6.17. The fourth-order valence-corrected chi connectivity index (χ4v) is 7.05. The van der Waals surface area contributed by atoms with Crippen molar-refractivity contribution in [2.45, 2.75) is 0 Å². The lowest BCUT2D eigenvalue weighted by atomic mass is 9.91. The van der Waals surface area contributed by atoms with Gasteiger partial charge in [0.2, 0.25) is 0 Å². The molecule has 9 rings (SSSR count). The molecule has 0 unspecified atom stereocenters. The minimum Gasteiger partial charge on any atom is -0.310 e. The van der Waals surface area contributed by atoms with Crippen LogP contribution in [-0.4, -0.2) is 0 Å². The summed E-state index contributed by atoms with van der Waals surface area (Å²) in [6.07, 6.45) is 0. The van der Waals surface area contributed by atoms with E-state index in [1.165, 1.54) is 55.2 Å². The number of fused-ring (bicyclic) bond motifs is 3. The van der Waals surface area contributed by atoms with E-state index in [1.807, 2.05) is 0 Å². The first kappa shape index (κ1) is 26.3. The number of hydrogen-bond donors (Lipinski definition) is 0. The molecule has 1 heterocycles. The summed E-state index contributed by atoms with van der Waals surface area (Å²) >= 11 is 0. The van der Waals surface area contributed by atoms with Gasteiger partial charge in [-0.15, -0.1) is 0 Å². The van der Waals surface area contributed by atoms with E-state index < -0.39 is 0 Å². The fraction of sp³-hybridized carbons (Fsp3) is 0. The Morgan fingerprint density at radius 1 is 0.370 bits per heavy atom. The summed E-state index contributed by atoms with van der Waals surface area (Å²) in [7, 11) is 0. The lowest BCUT2D eigenvalue weighted by Gasteiger charge is -2.34. The Bertz CT molecular complexity index is 2350. The molecule has 0 saturated carbocycles. The zero-order valence-corrected chi connectivity index (χ0v) is 25.2. The van der Waals surface area contributed by atoms with Crippen LogP contribution in [-0.2, 0) is 0 Å². The first-order valence-electron chi connectivity index (χ1n) is 15.8. The molecule has 2 nitrogen and oxygen atoms in total. The van der Waals surface area contributed by atoms with Crippen LogP contribution < -0.4 is 9.80 Å². The molecule has 0 fully saturated rings. The molecule has 0 atom stereocenters. The van der Waals surface area contributed by atoms with Crippen molar-refractivity contribution in [2.24, 2.45) is 0 Å². The van der Waals surface area contributed by atoms with E-state index in [-0.39, 0.29) is 0 Å².